The van der Waals surface area contributed by atoms with E-state index in [0.29, 0.717) is 0 Å². The Hall–Kier alpha value is -2.85. The summed E-state index contributed by atoms with van der Waals surface area (Å²) in [6.07, 6.45) is 10.8. The molecule has 0 unspecified atom stereocenters. The zero-order valence-electron chi connectivity index (χ0n) is 15.0. The molecule has 0 amide bonds. The molecule has 3 N–H and O–H groups in total. The van der Waals surface area contributed by atoms with Crippen LogP contribution in [0.4, 0.5) is 11.4 Å². The van der Waals surface area contributed by atoms with Gasteiger partial charge in [-0.1, -0.05) is 42.5 Å². The molecule has 0 aliphatic carbocycles. The average molecular weight is 335 g/mol. The van der Waals surface area contributed by atoms with Crippen LogP contribution in [-0.4, -0.2) is 20.3 Å². The summed E-state index contributed by atoms with van der Waals surface area (Å²) in [7, 11) is 3.96. The quantitative estimate of drug-likeness (QED) is 0.419. The molecule has 0 fully saturated rings. The monoisotopic (exact) mass is 335 g/mol. The van der Waals surface area contributed by atoms with Crippen molar-refractivity contribution < 1.29 is 5.32 Å². The minimum atomic E-state index is 0.815. The summed E-state index contributed by atoms with van der Waals surface area (Å²) in [6, 6.07) is 18.7. The van der Waals surface area contributed by atoms with Gasteiger partial charge in [-0.25, -0.2) is 0 Å². The number of rotatable bonds is 9. The van der Waals surface area contributed by atoms with Crippen LogP contribution >= 0.6 is 0 Å². The summed E-state index contributed by atoms with van der Waals surface area (Å²) >= 11 is 0. The number of hydrogen-bond donors (Lipinski definition) is 2. The lowest BCUT2D eigenvalue weighted by Crippen LogP contribution is -2.72. The van der Waals surface area contributed by atoms with Gasteiger partial charge in [-0.3, -0.25) is 5.01 Å². The maximum absolute atomic E-state index is 4.44. The minimum absolute atomic E-state index is 0.815. The van der Waals surface area contributed by atoms with Gasteiger partial charge in [0, 0.05) is 31.9 Å². The fourth-order valence-corrected chi connectivity index (χ4v) is 2.22. The summed E-state index contributed by atoms with van der Waals surface area (Å²) < 4.78 is 0. The first-order valence-corrected chi connectivity index (χ1v) is 8.55. The average Bonchev–Trinajstić information content (AvgIpc) is 2.67. The van der Waals surface area contributed by atoms with Crippen LogP contribution in [0.25, 0.3) is 0 Å². The van der Waals surface area contributed by atoms with E-state index in [9.17, 15) is 0 Å². The van der Waals surface area contributed by atoms with E-state index in [-0.39, 0.29) is 0 Å². The van der Waals surface area contributed by atoms with Crippen molar-refractivity contribution in [3.8, 4) is 0 Å². The van der Waals surface area contributed by atoms with Crippen LogP contribution in [0.3, 0.4) is 0 Å². The van der Waals surface area contributed by atoms with E-state index in [4.69, 9.17) is 0 Å². The molecule has 0 aliphatic heterocycles. The maximum atomic E-state index is 4.44. The van der Waals surface area contributed by atoms with E-state index in [0.717, 1.165) is 24.3 Å². The standard InChI is InChI=1S/C21H26N4/c1-22-16-8-3-4-9-17-24-25(2)21-14-12-20(13-15-21)23-18-19-10-6-5-7-11-19/h3-8,10-17,22-23H,9,18H2,1-2H3/p+1/b4-3-,16-8-,24-17+. The van der Waals surface area contributed by atoms with Gasteiger partial charge in [0.15, 0.2) is 0 Å². The summed E-state index contributed by atoms with van der Waals surface area (Å²) in [4.78, 5) is 0. The topological polar surface area (TPSA) is 44.2 Å². The molecule has 2 aromatic carbocycles. The van der Waals surface area contributed by atoms with Gasteiger partial charge in [0.1, 0.15) is 0 Å². The predicted molar refractivity (Wildman–Crippen MR) is 108 cm³/mol. The predicted octanol–water partition coefficient (Wildman–Crippen LogP) is 3.37. The first-order chi connectivity index (χ1) is 12.3. The molecular weight excluding hydrogens is 308 g/mol. The highest BCUT2D eigenvalue weighted by Crippen LogP contribution is 2.17. The van der Waals surface area contributed by atoms with Gasteiger partial charge in [0.05, 0.1) is 18.9 Å². The van der Waals surface area contributed by atoms with Gasteiger partial charge in [0.2, 0.25) is 0 Å². The number of anilines is 2. The van der Waals surface area contributed by atoms with Crippen LogP contribution in [0.5, 0.6) is 0 Å². The van der Waals surface area contributed by atoms with E-state index in [1.807, 2.05) is 55.1 Å². The molecule has 0 saturated carbocycles. The summed E-state index contributed by atoms with van der Waals surface area (Å²) in [6.45, 7) is 0.824. The first kappa shape index (κ1) is 18.5. The third-order valence-corrected chi connectivity index (χ3v) is 3.63. The molecule has 4 nitrogen and oxygen atoms in total. The van der Waals surface area contributed by atoms with Crippen molar-refractivity contribution >= 4 is 17.6 Å². The number of allylic oxidation sites excluding steroid dienone is 3. The van der Waals surface area contributed by atoms with Crippen molar-refractivity contribution in [3.05, 3.63) is 84.6 Å². The molecule has 0 spiro atoms. The van der Waals surface area contributed by atoms with E-state index >= 15 is 0 Å². The smallest absolute Gasteiger partial charge is 0.0923 e. The molecule has 0 bridgehead atoms. The van der Waals surface area contributed by atoms with Crippen LogP contribution in [0.2, 0.25) is 0 Å². The molecule has 25 heavy (non-hydrogen) atoms. The van der Waals surface area contributed by atoms with Crippen molar-refractivity contribution in [2.24, 2.45) is 5.10 Å². The number of hydrazone groups is 1. The lowest BCUT2D eigenvalue weighted by molar-refractivity contribution is -0.556. The van der Waals surface area contributed by atoms with Gasteiger partial charge in [-0.2, -0.15) is 5.10 Å². The van der Waals surface area contributed by atoms with E-state index < -0.39 is 0 Å². The molecule has 0 aliphatic rings. The zero-order valence-corrected chi connectivity index (χ0v) is 15.0. The highest BCUT2D eigenvalue weighted by atomic mass is 15.4. The van der Waals surface area contributed by atoms with Gasteiger partial charge in [-0.15, -0.1) is 0 Å². The highest BCUT2D eigenvalue weighted by Gasteiger charge is 1.98. The molecular formula is C21H27N4+. The third-order valence-electron chi connectivity index (χ3n) is 3.63. The Bertz CT molecular complexity index is 688. The summed E-state index contributed by atoms with van der Waals surface area (Å²) in [5, 5.41) is 11.8. The molecule has 0 aromatic heterocycles. The van der Waals surface area contributed by atoms with Gasteiger partial charge < -0.3 is 10.6 Å². The molecule has 2 aromatic rings. The Morgan fingerprint density at radius 3 is 2.52 bits per heavy atom. The fraction of sp³-hybridized carbons (Fsp3) is 0.190. The lowest BCUT2D eigenvalue weighted by Gasteiger charge is -2.14. The Morgan fingerprint density at radius 1 is 1.04 bits per heavy atom. The summed E-state index contributed by atoms with van der Waals surface area (Å²) in [5.74, 6) is 0. The van der Waals surface area contributed by atoms with Crippen molar-refractivity contribution in [1.29, 1.82) is 0 Å². The Balaban J connectivity index is 1.80. The zero-order chi connectivity index (χ0) is 17.7. The molecule has 0 atom stereocenters. The van der Waals surface area contributed by atoms with Gasteiger partial charge >= 0.3 is 0 Å². The number of nitrogens with one attached hydrogen (secondary N) is 1. The van der Waals surface area contributed by atoms with Crippen LogP contribution in [0.15, 0.2) is 84.1 Å². The van der Waals surface area contributed by atoms with Gasteiger partial charge in [-0.05, 0) is 35.9 Å². The van der Waals surface area contributed by atoms with E-state index in [1.54, 1.807) is 0 Å². The lowest BCUT2D eigenvalue weighted by atomic mass is 10.2. The Morgan fingerprint density at radius 2 is 1.80 bits per heavy atom. The Kier molecular flexibility index (Phi) is 8.01. The van der Waals surface area contributed by atoms with E-state index in [1.165, 1.54) is 5.56 Å². The maximum Gasteiger partial charge on any atom is 0.0923 e. The first-order valence-electron chi connectivity index (χ1n) is 8.55. The number of nitrogens with two attached hydrogens (primary N) is 1. The molecule has 4 heteroatoms. The number of hydrogen-bond acceptors (Lipinski definition) is 3. The van der Waals surface area contributed by atoms with Crippen molar-refractivity contribution in [1.82, 2.24) is 0 Å². The van der Waals surface area contributed by atoms with Crippen LogP contribution in [0.1, 0.15) is 12.0 Å². The second kappa shape index (κ2) is 10.8. The minimum Gasteiger partial charge on any atom is -0.381 e. The molecule has 2 rings (SSSR count). The fourth-order valence-electron chi connectivity index (χ4n) is 2.22. The second-order valence-corrected chi connectivity index (χ2v) is 5.59. The number of benzene rings is 2. The molecule has 0 saturated heterocycles. The highest BCUT2D eigenvalue weighted by molar-refractivity contribution is 5.63. The van der Waals surface area contributed by atoms with Gasteiger partial charge in [0.25, 0.3) is 0 Å². The molecule has 0 heterocycles. The van der Waals surface area contributed by atoms with Crippen LogP contribution in [0, 0.1) is 0 Å². The van der Waals surface area contributed by atoms with Crippen molar-refractivity contribution in [3.63, 3.8) is 0 Å². The largest absolute Gasteiger partial charge is 0.381 e. The van der Waals surface area contributed by atoms with Crippen LogP contribution < -0.4 is 15.6 Å². The molecule has 0 radical (unpaired) electrons. The molecule has 130 valence electrons. The van der Waals surface area contributed by atoms with Crippen molar-refractivity contribution in [2.75, 3.05) is 24.4 Å². The second-order valence-electron chi connectivity index (χ2n) is 5.59. The number of nitrogens with zero attached hydrogens (tertiary/aromatic N) is 2. The Labute approximate surface area is 150 Å². The number of quaternary nitrogens is 1. The van der Waals surface area contributed by atoms with E-state index in [2.05, 4.69) is 65.0 Å². The van der Waals surface area contributed by atoms with Crippen LogP contribution in [-0.2, 0) is 6.54 Å². The SMILES string of the molecule is C[NH2+]/C=C\C=C/C/C=N/N(C)c1ccc(NCc2ccccc2)cc1. The normalized spacial score (nSPS) is 11.6. The van der Waals surface area contributed by atoms with Crippen molar-refractivity contribution in [2.45, 2.75) is 13.0 Å². The third kappa shape index (κ3) is 7.06. The summed E-state index contributed by atoms with van der Waals surface area (Å²) in [5.41, 5.74) is 3.44.